The van der Waals surface area contributed by atoms with Crippen molar-refractivity contribution in [2.24, 2.45) is 0 Å². The number of likely N-dealkylation sites (N-methyl/N-ethyl adjacent to an activating group) is 1. The maximum atomic E-state index is 5.40. The Morgan fingerprint density at radius 1 is 1.44 bits per heavy atom. The summed E-state index contributed by atoms with van der Waals surface area (Å²) >= 11 is 1.72. The molecule has 1 N–H and O–H groups in total. The van der Waals surface area contributed by atoms with Gasteiger partial charge in [0.2, 0.25) is 0 Å². The van der Waals surface area contributed by atoms with E-state index < -0.39 is 0 Å². The van der Waals surface area contributed by atoms with Crippen molar-refractivity contribution >= 4 is 21.6 Å². The molecule has 0 radical (unpaired) electrons. The minimum absolute atomic E-state index is 0.232. The van der Waals surface area contributed by atoms with Gasteiger partial charge in [0, 0.05) is 18.7 Å². The first-order valence-corrected chi connectivity index (χ1v) is 6.77. The molecule has 92 valence electrons. The van der Waals surface area contributed by atoms with Gasteiger partial charge < -0.3 is 9.73 Å². The van der Waals surface area contributed by atoms with Crippen molar-refractivity contribution in [1.29, 1.82) is 0 Å². The molecule has 0 aliphatic carbocycles. The highest BCUT2D eigenvalue weighted by Gasteiger charge is 2.13. The first kappa shape index (κ1) is 11.4. The zero-order valence-corrected chi connectivity index (χ0v) is 10.9. The zero-order chi connectivity index (χ0) is 12.4. The van der Waals surface area contributed by atoms with Crippen LogP contribution in [0.4, 0.5) is 0 Å². The number of rotatable bonds is 4. The van der Waals surface area contributed by atoms with E-state index in [0.29, 0.717) is 0 Å². The summed E-state index contributed by atoms with van der Waals surface area (Å²) in [5.41, 5.74) is 2.26. The number of aromatic nitrogens is 1. The summed E-state index contributed by atoms with van der Waals surface area (Å²) in [5.74, 6) is 0.987. The molecule has 0 amide bonds. The molecule has 0 saturated carbocycles. The van der Waals surface area contributed by atoms with Gasteiger partial charge >= 0.3 is 0 Å². The fraction of sp³-hybridized carbons (Fsp3) is 0.214. The maximum absolute atomic E-state index is 5.40. The second-order valence-electron chi connectivity index (χ2n) is 4.20. The van der Waals surface area contributed by atoms with E-state index in [1.165, 1.54) is 10.3 Å². The van der Waals surface area contributed by atoms with Crippen molar-refractivity contribution in [2.45, 2.75) is 12.5 Å². The number of thiophene rings is 1. The van der Waals surface area contributed by atoms with Crippen LogP contribution in [0.3, 0.4) is 0 Å². The van der Waals surface area contributed by atoms with Crippen molar-refractivity contribution in [1.82, 2.24) is 10.3 Å². The third kappa shape index (κ3) is 2.17. The summed E-state index contributed by atoms with van der Waals surface area (Å²) in [6.45, 7) is 0. The largest absolute Gasteiger partial charge is 0.469 e. The summed E-state index contributed by atoms with van der Waals surface area (Å²) in [7, 11) is 1.96. The van der Waals surface area contributed by atoms with Crippen molar-refractivity contribution in [3.8, 4) is 0 Å². The van der Waals surface area contributed by atoms with Gasteiger partial charge in [-0.1, -0.05) is 0 Å². The number of fused-ring (bicyclic) bond motifs is 1. The van der Waals surface area contributed by atoms with Crippen LogP contribution in [0, 0.1) is 0 Å². The predicted molar refractivity (Wildman–Crippen MR) is 73.8 cm³/mol. The smallest absolute Gasteiger partial charge is 0.105 e. The fourth-order valence-corrected chi connectivity index (χ4v) is 2.86. The van der Waals surface area contributed by atoms with Crippen LogP contribution in [0.2, 0.25) is 0 Å². The van der Waals surface area contributed by atoms with Crippen LogP contribution in [0.1, 0.15) is 17.4 Å². The third-order valence-electron chi connectivity index (χ3n) is 3.06. The van der Waals surface area contributed by atoms with Crippen LogP contribution in [-0.2, 0) is 6.42 Å². The predicted octanol–water partition coefficient (Wildman–Crippen LogP) is 3.39. The van der Waals surface area contributed by atoms with E-state index in [1.807, 2.05) is 31.4 Å². The van der Waals surface area contributed by atoms with Crippen LogP contribution < -0.4 is 5.32 Å². The van der Waals surface area contributed by atoms with E-state index in [1.54, 1.807) is 17.6 Å². The van der Waals surface area contributed by atoms with Crippen molar-refractivity contribution in [3.63, 3.8) is 0 Å². The number of hydrogen-bond donors (Lipinski definition) is 1. The molecule has 0 saturated heterocycles. The lowest BCUT2D eigenvalue weighted by atomic mass is 10.0. The summed E-state index contributed by atoms with van der Waals surface area (Å²) in [4.78, 5) is 4.48. The molecule has 0 aliphatic heterocycles. The molecule has 1 unspecified atom stereocenters. The standard InChI is InChI=1S/C14H14N2OS/c1-15-13(8-11-3-2-5-17-11)10-7-14-12(16-9-10)4-6-18-14/h2-7,9,13,15H,8H2,1H3. The van der Waals surface area contributed by atoms with E-state index in [4.69, 9.17) is 4.42 Å². The van der Waals surface area contributed by atoms with E-state index in [0.717, 1.165) is 17.7 Å². The first-order chi connectivity index (χ1) is 8.86. The van der Waals surface area contributed by atoms with Gasteiger partial charge in [-0.05, 0) is 42.3 Å². The molecule has 0 aliphatic rings. The zero-order valence-electron chi connectivity index (χ0n) is 10.1. The molecule has 0 spiro atoms. The molecule has 3 rings (SSSR count). The minimum atomic E-state index is 0.232. The Balaban J connectivity index is 1.90. The van der Waals surface area contributed by atoms with Gasteiger partial charge in [0.1, 0.15) is 5.76 Å². The Hall–Kier alpha value is -1.65. The maximum Gasteiger partial charge on any atom is 0.105 e. The summed E-state index contributed by atoms with van der Waals surface area (Å²) < 4.78 is 6.63. The van der Waals surface area contributed by atoms with Crippen LogP contribution in [-0.4, -0.2) is 12.0 Å². The van der Waals surface area contributed by atoms with Gasteiger partial charge in [-0.3, -0.25) is 4.98 Å². The topological polar surface area (TPSA) is 38.1 Å². The quantitative estimate of drug-likeness (QED) is 0.779. The average Bonchev–Trinajstić information content (AvgIpc) is 3.06. The molecule has 3 heterocycles. The Labute approximate surface area is 109 Å². The molecule has 3 aromatic heterocycles. The second-order valence-corrected chi connectivity index (χ2v) is 5.15. The summed E-state index contributed by atoms with van der Waals surface area (Å²) in [5, 5.41) is 5.39. The number of hydrogen-bond acceptors (Lipinski definition) is 4. The van der Waals surface area contributed by atoms with Gasteiger partial charge in [-0.2, -0.15) is 0 Å². The molecule has 0 bridgehead atoms. The molecular weight excluding hydrogens is 244 g/mol. The molecule has 1 atom stereocenters. The summed E-state index contributed by atoms with van der Waals surface area (Å²) in [6.07, 6.45) is 4.49. The van der Waals surface area contributed by atoms with E-state index >= 15 is 0 Å². The van der Waals surface area contributed by atoms with Gasteiger partial charge in [0.15, 0.2) is 0 Å². The summed E-state index contributed by atoms with van der Waals surface area (Å²) in [6, 6.07) is 8.40. The monoisotopic (exact) mass is 258 g/mol. The van der Waals surface area contributed by atoms with Crippen LogP contribution >= 0.6 is 11.3 Å². The van der Waals surface area contributed by atoms with Crippen molar-refractivity contribution in [2.75, 3.05) is 7.05 Å². The van der Waals surface area contributed by atoms with Gasteiger partial charge in [-0.25, -0.2) is 0 Å². The second kappa shape index (κ2) is 4.92. The van der Waals surface area contributed by atoms with E-state index in [2.05, 4.69) is 21.7 Å². The lowest BCUT2D eigenvalue weighted by Gasteiger charge is -2.14. The highest BCUT2D eigenvalue weighted by molar-refractivity contribution is 7.17. The highest BCUT2D eigenvalue weighted by Crippen LogP contribution is 2.24. The van der Waals surface area contributed by atoms with Crippen molar-refractivity contribution < 1.29 is 4.42 Å². The van der Waals surface area contributed by atoms with Crippen LogP contribution in [0.15, 0.2) is 46.5 Å². The number of pyridine rings is 1. The van der Waals surface area contributed by atoms with Crippen LogP contribution in [0.5, 0.6) is 0 Å². The highest BCUT2D eigenvalue weighted by atomic mass is 32.1. The van der Waals surface area contributed by atoms with Crippen LogP contribution in [0.25, 0.3) is 10.2 Å². The Morgan fingerprint density at radius 2 is 2.39 bits per heavy atom. The first-order valence-electron chi connectivity index (χ1n) is 5.89. The Bertz CT molecular complexity index is 630. The molecule has 18 heavy (non-hydrogen) atoms. The molecule has 3 nitrogen and oxygen atoms in total. The average molecular weight is 258 g/mol. The Kier molecular flexibility index (Phi) is 3.13. The molecule has 3 aromatic rings. The SMILES string of the molecule is CNC(Cc1ccco1)c1cnc2ccsc2c1. The van der Waals surface area contributed by atoms with Gasteiger partial charge in [0.25, 0.3) is 0 Å². The third-order valence-corrected chi connectivity index (χ3v) is 3.91. The molecule has 0 fully saturated rings. The van der Waals surface area contributed by atoms with Crippen molar-refractivity contribution in [3.05, 3.63) is 53.4 Å². The number of nitrogens with one attached hydrogen (secondary N) is 1. The minimum Gasteiger partial charge on any atom is -0.469 e. The normalized spacial score (nSPS) is 12.9. The number of nitrogens with zero attached hydrogens (tertiary/aromatic N) is 1. The lowest BCUT2D eigenvalue weighted by molar-refractivity contribution is 0.466. The van der Waals surface area contributed by atoms with Gasteiger partial charge in [0.05, 0.1) is 16.5 Å². The lowest BCUT2D eigenvalue weighted by Crippen LogP contribution is -2.18. The molecule has 0 aromatic carbocycles. The van der Waals surface area contributed by atoms with E-state index in [9.17, 15) is 0 Å². The Morgan fingerprint density at radius 3 is 3.17 bits per heavy atom. The van der Waals surface area contributed by atoms with Gasteiger partial charge in [-0.15, -0.1) is 11.3 Å². The van der Waals surface area contributed by atoms with E-state index in [-0.39, 0.29) is 6.04 Å². The fourth-order valence-electron chi connectivity index (χ4n) is 2.07. The number of furan rings is 1. The molecular formula is C14H14N2OS. The molecule has 4 heteroatoms.